The van der Waals surface area contributed by atoms with Crippen LogP contribution in [0, 0.1) is 0 Å². The molecule has 4 rings (SSSR count). The first-order valence-electron chi connectivity index (χ1n) is 9.06. The van der Waals surface area contributed by atoms with Crippen LogP contribution in [0.4, 0.5) is 0 Å². The summed E-state index contributed by atoms with van der Waals surface area (Å²) in [7, 11) is 1.67. The van der Waals surface area contributed by atoms with Gasteiger partial charge in [-0.25, -0.2) is 4.98 Å². The van der Waals surface area contributed by atoms with E-state index in [0.29, 0.717) is 6.61 Å². The van der Waals surface area contributed by atoms with Gasteiger partial charge in [-0.1, -0.05) is 48.5 Å². The topological polar surface area (TPSA) is 31.4 Å². The number of benzene rings is 3. The molecule has 3 heteroatoms. The van der Waals surface area contributed by atoms with E-state index in [-0.39, 0.29) is 0 Å². The van der Waals surface area contributed by atoms with Crippen LogP contribution in [-0.2, 0) is 0 Å². The van der Waals surface area contributed by atoms with Crippen molar-refractivity contribution in [3.8, 4) is 11.5 Å². The molecule has 0 radical (unpaired) electrons. The number of pyridine rings is 1. The van der Waals surface area contributed by atoms with Crippen molar-refractivity contribution in [2.45, 2.75) is 6.92 Å². The molecule has 0 fully saturated rings. The summed E-state index contributed by atoms with van der Waals surface area (Å²) in [6.07, 6.45) is 4.10. The van der Waals surface area contributed by atoms with Gasteiger partial charge in [0.1, 0.15) is 17.0 Å². The Kier molecular flexibility index (Phi) is 4.75. The average Bonchev–Trinajstić information content (AvgIpc) is 2.72. The Labute approximate surface area is 158 Å². The Morgan fingerprint density at radius 2 is 1.63 bits per heavy atom. The molecule has 0 aliphatic heterocycles. The van der Waals surface area contributed by atoms with E-state index >= 15 is 0 Å². The molecule has 3 nitrogen and oxygen atoms in total. The minimum atomic E-state index is 0.630. The van der Waals surface area contributed by atoms with Gasteiger partial charge in [-0.2, -0.15) is 0 Å². The molecule has 0 saturated carbocycles. The van der Waals surface area contributed by atoms with Crippen LogP contribution >= 0.6 is 0 Å². The third kappa shape index (κ3) is 3.36. The molecule has 1 aromatic heterocycles. The molecule has 0 aliphatic carbocycles. The largest absolute Gasteiger partial charge is 0.494 e. The van der Waals surface area contributed by atoms with Crippen LogP contribution in [-0.4, -0.2) is 18.7 Å². The second-order valence-corrected chi connectivity index (χ2v) is 6.23. The lowest BCUT2D eigenvalue weighted by Crippen LogP contribution is -1.94. The highest BCUT2D eigenvalue weighted by Crippen LogP contribution is 2.30. The van der Waals surface area contributed by atoms with Gasteiger partial charge in [0.15, 0.2) is 0 Å². The predicted octanol–water partition coefficient (Wildman–Crippen LogP) is 5.97. The van der Waals surface area contributed by atoms with Crippen molar-refractivity contribution in [1.82, 2.24) is 4.98 Å². The zero-order chi connectivity index (χ0) is 18.6. The Hall–Kier alpha value is -3.33. The van der Waals surface area contributed by atoms with Crippen molar-refractivity contribution < 1.29 is 9.47 Å². The summed E-state index contributed by atoms with van der Waals surface area (Å²) in [5, 5.41) is 3.42. The fourth-order valence-electron chi connectivity index (χ4n) is 3.29. The first-order chi connectivity index (χ1) is 13.3. The van der Waals surface area contributed by atoms with Gasteiger partial charge >= 0.3 is 0 Å². The van der Waals surface area contributed by atoms with Gasteiger partial charge in [0.05, 0.1) is 19.4 Å². The summed E-state index contributed by atoms with van der Waals surface area (Å²) in [5.41, 5.74) is 2.81. The molecule has 0 aliphatic rings. The third-order valence-corrected chi connectivity index (χ3v) is 4.58. The molecule has 0 amide bonds. The molecule has 27 heavy (non-hydrogen) atoms. The molecular formula is C24H21NO2. The van der Waals surface area contributed by atoms with Crippen molar-refractivity contribution >= 4 is 33.8 Å². The van der Waals surface area contributed by atoms with Gasteiger partial charge in [-0.3, -0.25) is 0 Å². The number of fused-ring (bicyclic) bond motifs is 2. The van der Waals surface area contributed by atoms with Gasteiger partial charge in [-0.15, -0.1) is 0 Å². The van der Waals surface area contributed by atoms with E-state index in [9.17, 15) is 0 Å². The Morgan fingerprint density at radius 1 is 0.815 bits per heavy atom. The first-order valence-corrected chi connectivity index (χ1v) is 9.06. The van der Waals surface area contributed by atoms with Crippen LogP contribution in [0.5, 0.6) is 11.5 Å². The fourth-order valence-corrected chi connectivity index (χ4v) is 3.29. The zero-order valence-corrected chi connectivity index (χ0v) is 15.5. The molecule has 0 saturated heterocycles. The van der Waals surface area contributed by atoms with Crippen molar-refractivity contribution in [3.63, 3.8) is 0 Å². The number of para-hydroxylation sites is 1. The van der Waals surface area contributed by atoms with E-state index in [0.717, 1.165) is 39.0 Å². The SMILES string of the molecule is CCOc1ccc2ccccc2c1/C=C/c1ccc2cccc(OC)c2n1. The number of methoxy groups -OCH3 is 1. The molecule has 134 valence electrons. The zero-order valence-electron chi connectivity index (χ0n) is 15.5. The van der Waals surface area contributed by atoms with Gasteiger partial charge in [0.2, 0.25) is 0 Å². The van der Waals surface area contributed by atoms with Crippen molar-refractivity contribution in [1.29, 1.82) is 0 Å². The molecule has 0 N–H and O–H groups in total. The van der Waals surface area contributed by atoms with Crippen LogP contribution in [0.2, 0.25) is 0 Å². The monoisotopic (exact) mass is 355 g/mol. The van der Waals surface area contributed by atoms with Crippen molar-refractivity contribution in [2.24, 2.45) is 0 Å². The van der Waals surface area contributed by atoms with E-state index < -0.39 is 0 Å². The number of hydrogen-bond acceptors (Lipinski definition) is 3. The van der Waals surface area contributed by atoms with Gasteiger partial charge in [-0.05, 0) is 48.0 Å². The summed E-state index contributed by atoms with van der Waals surface area (Å²) in [6, 6.07) is 22.5. The van der Waals surface area contributed by atoms with E-state index in [1.807, 2.05) is 49.4 Å². The Balaban J connectivity index is 1.80. The second-order valence-electron chi connectivity index (χ2n) is 6.23. The normalized spacial score (nSPS) is 11.3. The van der Waals surface area contributed by atoms with E-state index in [1.165, 1.54) is 5.39 Å². The molecule has 0 bridgehead atoms. The highest BCUT2D eigenvalue weighted by atomic mass is 16.5. The summed E-state index contributed by atoms with van der Waals surface area (Å²) >= 11 is 0. The summed E-state index contributed by atoms with van der Waals surface area (Å²) in [6.45, 7) is 2.63. The smallest absolute Gasteiger partial charge is 0.145 e. The van der Waals surface area contributed by atoms with Crippen molar-refractivity contribution in [3.05, 3.63) is 78.0 Å². The molecule has 0 unspecified atom stereocenters. The van der Waals surface area contributed by atoms with Gasteiger partial charge in [0, 0.05) is 10.9 Å². The number of hydrogen-bond donors (Lipinski definition) is 0. The number of ether oxygens (including phenoxy) is 2. The predicted molar refractivity (Wildman–Crippen MR) is 112 cm³/mol. The maximum Gasteiger partial charge on any atom is 0.145 e. The number of nitrogens with zero attached hydrogens (tertiary/aromatic N) is 1. The quantitative estimate of drug-likeness (QED) is 0.442. The number of aromatic nitrogens is 1. The minimum absolute atomic E-state index is 0.630. The first kappa shape index (κ1) is 17.1. The van der Waals surface area contributed by atoms with E-state index in [1.54, 1.807) is 7.11 Å². The fraction of sp³-hybridized carbons (Fsp3) is 0.125. The number of rotatable bonds is 5. The van der Waals surface area contributed by atoms with E-state index in [4.69, 9.17) is 14.5 Å². The lowest BCUT2D eigenvalue weighted by Gasteiger charge is -2.10. The van der Waals surface area contributed by atoms with Gasteiger partial charge < -0.3 is 9.47 Å². The highest BCUT2D eigenvalue weighted by Gasteiger charge is 2.07. The van der Waals surface area contributed by atoms with Crippen LogP contribution in [0.3, 0.4) is 0 Å². The molecule has 0 atom stereocenters. The standard InChI is InChI=1S/C24H21NO2/c1-3-27-22-16-12-17-7-4-5-9-20(17)21(22)15-14-19-13-11-18-8-6-10-23(26-2)24(18)25-19/h4-16H,3H2,1-2H3/b15-14+. The molecule has 0 spiro atoms. The van der Waals surface area contributed by atoms with Crippen LogP contribution in [0.25, 0.3) is 33.8 Å². The average molecular weight is 355 g/mol. The summed E-state index contributed by atoms with van der Waals surface area (Å²) in [4.78, 5) is 4.76. The Bertz CT molecular complexity index is 1130. The van der Waals surface area contributed by atoms with Crippen LogP contribution < -0.4 is 9.47 Å². The van der Waals surface area contributed by atoms with Crippen molar-refractivity contribution in [2.75, 3.05) is 13.7 Å². The molecule has 1 heterocycles. The summed E-state index contributed by atoms with van der Waals surface area (Å²) in [5.74, 6) is 1.66. The lowest BCUT2D eigenvalue weighted by atomic mass is 10.0. The second kappa shape index (κ2) is 7.50. The Morgan fingerprint density at radius 3 is 2.48 bits per heavy atom. The van der Waals surface area contributed by atoms with Crippen LogP contribution in [0.1, 0.15) is 18.2 Å². The summed E-state index contributed by atoms with van der Waals surface area (Å²) < 4.78 is 11.3. The third-order valence-electron chi connectivity index (χ3n) is 4.58. The van der Waals surface area contributed by atoms with Crippen LogP contribution in [0.15, 0.2) is 66.7 Å². The highest BCUT2D eigenvalue weighted by molar-refractivity contribution is 5.95. The molecule has 4 aromatic rings. The molecular weight excluding hydrogens is 334 g/mol. The van der Waals surface area contributed by atoms with E-state index in [2.05, 4.69) is 36.4 Å². The van der Waals surface area contributed by atoms with Gasteiger partial charge in [0.25, 0.3) is 0 Å². The minimum Gasteiger partial charge on any atom is -0.494 e. The lowest BCUT2D eigenvalue weighted by molar-refractivity contribution is 0.340. The maximum atomic E-state index is 5.85. The maximum absolute atomic E-state index is 5.85. The molecule has 3 aromatic carbocycles.